The van der Waals surface area contributed by atoms with Gasteiger partial charge in [0.15, 0.2) is 5.16 Å². The Morgan fingerprint density at radius 2 is 2.00 bits per heavy atom. The van der Waals surface area contributed by atoms with Gasteiger partial charge in [0.25, 0.3) is 5.56 Å². The van der Waals surface area contributed by atoms with Gasteiger partial charge in [-0.05, 0) is 29.3 Å². The highest BCUT2D eigenvalue weighted by molar-refractivity contribution is 8.00. The van der Waals surface area contributed by atoms with Crippen molar-refractivity contribution in [2.24, 2.45) is 0 Å². The lowest BCUT2D eigenvalue weighted by atomic mass is 10.1. The number of amides is 1. The van der Waals surface area contributed by atoms with Gasteiger partial charge < -0.3 is 16.0 Å². The van der Waals surface area contributed by atoms with Gasteiger partial charge in [-0.15, -0.1) is 0 Å². The molecule has 4 N–H and O–H groups in total. The third kappa shape index (κ3) is 4.19. The quantitative estimate of drug-likeness (QED) is 0.483. The summed E-state index contributed by atoms with van der Waals surface area (Å²) in [6, 6.07) is 14.9. The number of thioether (sulfide) groups is 1. The molecule has 0 spiro atoms. The average molecular weight is 354 g/mol. The number of H-pyrrole nitrogens is 1. The molecule has 3 aromatic rings. The Bertz CT molecular complexity index is 970. The van der Waals surface area contributed by atoms with E-state index in [0.29, 0.717) is 11.6 Å². The SMILES string of the molecule is CC[C@H](Sc1nc(N)cc(=O)[nH]1)C(=O)Nc1ccc2ccccc2c1. The molecule has 1 amide bonds. The number of hydrogen-bond donors (Lipinski definition) is 3. The number of anilines is 2. The highest BCUT2D eigenvalue weighted by atomic mass is 32.2. The number of fused-ring (bicyclic) bond motifs is 1. The van der Waals surface area contributed by atoms with E-state index in [9.17, 15) is 9.59 Å². The van der Waals surface area contributed by atoms with Crippen molar-refractivity contribution in [3.8, 4) is 0 Å². The third-order valence-electron chi connectivity index (χ3n) is 3.67. The molecule has 0 bridgehead atoms. The molecule has 25 heavy (non-hydrogen) atoms. The van der Waals surface area contributed by atoms with Gasteiger partial charge in [0.1, 0.15) is 5.82 Å². The highest BCUT2D eigenvalue weighted by Gasteiger charge is 2.19. The van der Waals surface area contributed by atoms with E-state index in [2.05, 4.69) is 15.3 Å². The van der Waals surface area contributed by atoms with Crippen molar-refractivity contribution in [2.45, 2.75) is 23.8 Å². The van der Waals surface area contributed by atoms with Gasteiger partial charge in [-0.3, -0.25) is 9.59 Å². The third-order valence-corrected chi connectivity index (χ3v) is 4.92. The molecule has 1 aromatic heterocycles. The molecule has 0 aliphatic carbocycles. The topological polar surface area (TPSA) is 101 Å². The van der Waals surface area contributed by atoms with E-state index in [1.165, 1.54) is 17.8 Å². The lowest BCUT2D eigenvalue weighted by molar-refractivity contribution is -0.115. The Morgan fingerprint density at radius 3 is 2.72 bits per heavy atom. The van der Waals surface area contributed by atoms with Crippen LogP contribution in [0.2, 0.25) is 0 Å². The predicted octanol–water partition coefficient (Wildman–Crippen LogP) is 3.01. The van der Waals surface area contributed by atoms with Crippen molar-refractivity contribution in [3.05, 3.63) is 58.9 Å². The number of rotatable bonds is 5. The number of nitrogen functional groups attached to an aromatic ring is 1. The monoisotopic (exact) mass is 354 g/mol. The van der Waals surface area contributed by atoms with Crippen LogP contribution < -0.4 is 16.6 Å². The van der Waals surface area contributed by atoms with Gasteiger partial charge in [0.2, 0.25) is 5.91 Å². The zero-order valence-electron chi connectivity index (χ0n) is 13.7. The summed E-state index contributed by atoms with van der Waals surface area (Å²) in [6.07, 6.45) is 0.586. The number of benzene rings is 2. The summed E-state index contributed by atoms with van der Waals surface area (Å²) in [5.41, 5.74) is 5.98. The van der Waals surface area contributed by atoms with E-state index in [-0.39, 0.29) is 17.3 Å². The molecule has 0 aliphatic rings. The van der Waals surface area contributed by atoms with Gasteiger partial charge in [0, 0.05) is 11.8 Å². The fourth-order valence-corrected chi connectivity index (χ4v) is 3.38. The molecule has 1 heterocycles. The van der Waals surface area contributed by atoms with Crippen LogP contribution in [0.15, 0.2) is 58.5 Å². The maximum Gasteiger partial charge on any atom is 0.253 e. The Hall–Kier alpha value is -2.80. The van der Waals surface area contributed by atoms with Crippen molar-refractivity contribution >= 4 is 39.9 Å². The lowest BCUT2D eigenvalue weighted by Gasteiger charge is -2.14. The summed E-state index contributed by atoms with van der Waals surface area (Å²) >= 11 is 1.19. The normalized spacial score (nSPS) is 12.0. The van der Waals surface area contributed by atoms with Crippen molar-refractivity contribution in [1.82, 2.24) is 9.97 Å². The van der Waals surface area contributed by atoms with Crippen LogP contribution in [0.5, 0.6) is 0 Å². The molecule has 6 nitrogen and oxygen atoms in total. The molecule has 1 atom stereocenters. The van der Waals surface area contributed by atoms with Crippen molar-refractivity contribution in [2.75, 3.05) is 11.1 Å². The van der Waals surface area contributed by atoms with Crippen LogP contribution in [-0.4, -0.2) is 21.1 Å². The Labute approximate surface area is 148 Å². The second-order valence-electron chi connectivity index (χ2n) is 5.54. The number of hydrogen-bond acceptors (Lipinski definition) is 5. The first-order valence-corrected chi connectivity index (χ1v) is 8.76. The first kappa shape index (κ1) is 17.0. The minimum absolute atomic E-state index is 0.135. The van der Waals surface area contributed by atoms with E-state index in [4.69, 9.17) is 5.73 Å². The minimum Gasteiger partial charge on any atom is -0.383 e. The standard InChI is InChI=1S/C18H18N4O2S/c1-2-14(25-18-21-15(19)10-16(23)22-18)17(24)20-13-8-7-11-5-3-4-6-12(11)9-13/h3-10,14H,2H2,1H3,(H,20,24)(H3,19,21,22,23)/t14-/m0/s1. The van der Waals surface area contributed by atoms with Crippen LogP contribution in [0.25, 0.3) is 10.8 Å². The number of aromatic amines is 1. The summed E-state index contributed by atoms with van der Waals surface area (Å²) in [6.45, 7) is 1.90. The van der Waals surface area contributed by atoms with Crippen LogP contribution in [-0.2, 0) is 4.79 Å². The van der Waals surface area contributed by atoms with E-state index in [0.717, 1.165) is 16.5 Å². The van der Waals surface area contributed by atoms with Crippen LogP contribution in [0.4, 0.5) is 11.5 Å². The molecule has 0 unspecified atom stereocenters. The zero-order chi connectivity index (χ0) is 17.8. The first-order chi connectivity index (χ1) is 12.0. The molecule has 128 valence electrons. The lowest BCUT2D eigenvalue weighted by Crippen LogP contribution is -2.25. The molecular formula is C18H18N4O2S. The average Bonchev–Trinajstić information content (AvgIpc) is 2.58. The van der Waals surface area contributed by atoms with Gasteiger partial charge in [-0.2, -0.15) is 0 Å². The van der Waals surface area contributed by atoms with Gasteiger partial charge in [0.05, 0.1) is 5.25 Å². The van der Waals surface area contributed by atoms with E-state index in [1.54, 1.807) is 0 Å². The van der Waals surface area contributed by atoms with Crippen LogP contribution in [0.3, 0.4) is 0 Å². The number of aromatic nitrogens is 2. The molecule has 0 radical (unpaired) electrons. The summed E-state index contributed by atoms with van der Waals surface area (Å²) < 4.78 is 0. The van der Waals surface area contributed by atoms with Crippen molar-refractivity contribution < 1.29 is 4.79 Å². The second-order valence-corrected chi connectivity index (χ2v) is 6.73. The Kier molecular flexibility index (Phi) is 5.04. The maximum absolute atomic E-state index is 12.6. The second kappa shape index (κ2) is 7.40. The molecule has 0 fully saturated rings. The summed E-state index contributed by atoms with van der Waals surface area (Å²) in [5.74, 6) is -0.0103. The summed E-state index contributed by atoms with van der Waals surface area (Å²) in [5, 5.41) is 5.04. The summed E-state index contributed by atoms with van der Waals surface area (Å²) in [7, 11) is 0. The smallest absolute Gasteiger partial charge is 0.253 e. The van der Waals surface area contributed by atoms with Gasteiger partial charge >= 0.3 is 0 Å². The largest absolute Gasteiger partial charge is 0.383 e. The Morgan fingerprint density at radius 1 is 1.24 bits per heavy atom. The zero-order valence-corrected chi connectivity index (χ0v) is 14.5. The van der Waals surface area contributed by atoms with Crippen molar-refractivity contribution in [1.29, 1.82) is 0 Å². The molecule has 0 aliphatic heterocycles. The maximum atomic E-state index is 12.6. The Balaban J connectivity index is 1.75. The first-order valence-electron chi connectivity index (χ1n) is 7.88. The molecule has 7 heteroatoms. The number of nitrogens with two attached hydrogens (primary N) is 1. The van der Waals surface area contributed by atoms with Gasteiger partial charge in [-0.1, -0.05) is 49.0 Å². The predicted molar refractivity (Wildman–Crippen MR) is 102 cm³/mol. The van der Waals surface area contributed by atoms with E-state index in [1.807, 2.05) is 49.4 Å². The molecule has 3 rings (SSSR count). The number of nitrogens with zero attached hydrogens (tertiary/aromatic N) is 1. The van der Waals surface area contributed by atoms with Crippen LogP contribution >= 0.6 is 11.8 Å². The van der Waals surface area contributed by atoms with E-state index < -0.39 is 5.25 Å². The summed E-state index contributed by atoms with van der Waals surface area (Å²) in [4.78, 5) is 30.7. The molecule has 0 saturated heterocycles. The van der Waals surface area contributed by atoms with Gasteiger partial charge in [-0.25, -0.2) is 4.98 Å². The molecular weight excluding hydrogens is 336 g/mol. The highest BCUT2D eigenvalue weighted by Crippen LogP contribution is 2.24. The number of carbonyl (C=O) groups excluding carboxylic acids is 1. The van der Waals surface area contributed by atoms with E-state index >= 15 is 0 Å². The minimum atomic E-state index is -0.392. The van der Waals surface area contributed by atoms with Crippen LogP contribution in [0, 0.1) is 0 Å². The molecule has 2 aromatic carbocycles. The number of nitrogens with one attached hydrogen (secondary N) is 2. The number of carbonyl (C=O) groups is 1. The fourth-order valence-electron chi connectivity index (χ4n) is 2.46. The fraction of sp³-hybridized carbons (Fsp3) is 0.167. The van der Waals surface area contributed by atoms with Crippen molar-refractivity contribution in [3.63, 3.8) is 0 Å². The molecule has 0 saturated carbocycles. The van der Waals surface area contributed by atoms with Crippen LogP contribution in [0.1, 0.15) is 13.3 Å².